The zero-order valence-corrected chi connectivity index (χ0v) is 12.4. The first-order valence-corrected chi connectivity index (χ1v) is 7.31. The molecule has 0 aromatic heterocycles. The van der Waals surface area contributed by atoms with Gasteiger partial charge in [-0.3, -0.25) is 4.90 Å². The summed E-state index contributed by atoms with van der Waals surface area (Å²) in [5, 5.41) is 0. The first-order valence-electron chi connectivity index (χ1n) is 6.51. The van der Waals surface area contributed by atoms with E-state index in [0.29, 0.717) is 12.0 Å². The smallest absolute Gasteiger partial charge is 0.120 e. The standard InChI is InChI=1S/C14H21BrN2O/c1-11(16)12-5-6-17(10-12)7-8-18-14-4-2-3-13(15)9-14/h2-4,9,11-12H,5-8,10,16H2,1H3. The number of hydrogen-bond acceptors (Lipinski definition) is 3. The molecule has 0 spiro atoms. The number of nitrogens with zero attached hydrogens (tertiary/aromatic N) is 1. The SMILES string of the molecule is CC(N)C1CCN(CCOc2cccc(Br)c2)C1. The van der Waals surface area contributed by atoms with Gasteiger partial charge < -0.3 is 10.5 Å². The molecule has 0 aliphatic carbocycles. The van der Waals surface area contributed by atoms with Gasteiger partial charge in [-0.05, 0) is 44.0 Å². The van der Waals surface area contributed by atoms with Gasteiger partial charge >= 0.3 is 0 Å². The van der Waals surface area contributed by atoms with Crippen molar-refractivity contribution >= 4 is 15.9 Å². The van der Waals surface area contributed by atoms with Crippen LogP contribution in [0.3, 0.4) is 0 Å². The summed E-state index contributed by atoms with van der Waals surface area (Å²) < 4.78 is 6.80. The molecule has 2 unspecified atom stereocenters. The van der Waals surface area contributed by atoms with Crippen molar-refractivity contribution in [1.82, 2.24) is 4.90 Å². The van der Waals surface area contributed by atoms with Crippen LogP contribution in [0, 0.1) is 5.92 Å². The molecule has 1 fully saturated rings. The molecule has 1 aromatic rings. The second-order valence-corrected chi connectivity index (χ2v) is 5.93. The van der Waals surface area contributed by atoms with Crippen LogP contribution in [0.5, 0.6) is 5.75 Å². The summed E-state index contributed by atoms with van der Waals surface area (Å²) in [5.41, 5.74) is 5.93. The van der Waals surface area contributed by atoms with E-state index in [-0.39, 0.29) is 0 Å². The van der Waals surface area contributed by atoms with Gasteiger partial charge in [0.1, 0.15) is 12.4 Å². The van der Waals surface area contributed by atoms with Crippen LogP contribution in [0.2, 0.25) is 0 Å². The Labute approximate surface area is 117 Å². The highest BCUT2D eigenvalue weighted by Gasteiger charge is 2.24. The van der Waals surface area contributed by atoms with E-state index in [1.165, 1.54) is 6.42 Å². The van der Waals surface area contributed by atoms with Gasteiger partial charge in [-0.15, -0.1) is 0 Å². The monoisotopic (exact) mass is 312 g/mol. The molecule has 4 heteroatoms. The zero-order chi connectivity index (χ0) is 13.0. The molecule has 1 heterocycles. The van der Waals surface area contributed by atoms with E-state index in [1.807, 2.05) is 24.3 Å². The fourth-order valence-corrected chi connectivity index (χ4v) is 2.72. The molecule has 1 aromatic carbocycles. The Bertz CT molecular complexity index is 384. The van der Waals surface area contributed by atoms with E-state index in [9.17, 15) is 0 Å². The number of hydrogen-bond donors (Lipinski definition) is 1. The Hall–Kier alpha value is -0.580. The topological polar surface area (TPSA) is 38.5 Å². The van der Waals surface area contributed by atoms with Gasteiger partial charge in [0.15, 0.2) is 0 Å². The molecule has 18 heavy (non-hydrogen) atoms. The number of ether oxygens (including phenoxy) is 1. The van der Waals surface area contributed by atoms with Crippen LogP contribution < -0.4 is 10.5 Å². The number of halogens is 1. The summed E-state index contributed by atoms with van der Waals surface area (Å²) in [4.78, 5) is 2.44. The normalized spacial score (nSPS) is 22.1. The van der Waals surface area contributed by atoms with Gasteiger partial charge in [0, 0.05) is 23.6 Å². The lowest BCUT2D eigenvalue weighted by Gasteiger charge is -2.18. The molecule has 2 atom stereocenters. The number of rotatable bonds is 5. The molecule has 2 N–H and O–H groups in total. The lowest BCUT2D eigenvalue weighted by atomic mass is 10.0. The van der Waals surface area contributed by atoms with Crippen molar-refractivity contribution in [3.8, 4) is 5.75 Å². The molecule has 1 saturated heterocycles. The minimum Gasteiger partial charge on any atom is -0.492 e. The third kappa shape index (κ3) is 3.97. The van der Waals surface area contributed by atoms with Crippen molar-refractivity contribution in [1.29, 1.82) is 0 Å². The summed E-state index contributed by atoms with van der Waals surface area (Å²) >= 11 is 3.44. The predicted molar refractivity (Wildman–Crippen MR) is 77.8 cm³/mol. The van der Waals surface area contributed by atoms with Crippen molar-refractivity contribution in [2.75, 3.05) is 26.2 Å². The molecular weight excluding hydrogens is 292 g/mol. The maximum atomic E-state index is 5.93. The van der Waals surface area contributed by atoms with Crippen LogP contribution >= 0.6 is 15.9 Å². The predicted octanol–water partition coefficient (Wildman–Crippen LogP) is 2.50. The maximum absolute atomic E-state index is 5.93. The first-order chi connectivity index (χ1) is 8.65. The number of likely N-dealkylation sites (tertiary alicyclic amines) is 1. The van der Waals surface area contributed by atoms with E-state index in [1.54, 1.807) is 0 Å². The maximum Gasteiger partial charge on any atom is 0.120 e. The van der Waals surface area contributed by atoms with Crippen LogP contribution in [0.25, 0.3) is 0 Å². The second-order valence-electron chi connectivity index (χ2n) is 5.01. The second kappa shape index (κ2) is 6.55. The van der Waals surface area contributed by atoms with Crippen molar-refractivity contribution < 1.29 is 4.74 Å². The van der Waals surface area contributed by atoms with Gasteiger partial charge in [0.2, 0.25) is 0 Å². The highest BCUT2D eigenvalue weighted by molar-refractivity contribution is 9.10. The quantitative estimate of drug-likeness (QED) is 0.908. The molecule has 0 saturated carbocycles. The first kappa shape index (κ1) is 13.8. The summed E-state index contributed by atoms with van der Waals surface area (Å²) in [6.07, 6.45) is 1.22. The van der Waals surface area contributed by atoms with E-state index >= 15 is 0 Å². The molecule has 0 amide bonds. The van der Waals surface area contributed by atoms with Gasteiger partial charge in [-0.1, -0.05) is 22.0 Å². The van der Waals surface area contributed by atoms with Crippen LogP contribution in [-0.2, 0) is 0 Å². The van der Waals surface area contributed by atoms with Crippen LogP contribution in [0.4, 0.5) is 0 Å². The van der Waals surface area contributed by atoms with Gasteiger partial charge in [0.25, 0.3) is 0 Å². The molecule has 100 valence electrons. The molecular formula is C14H21BrN2O. The lowest BCUT2D eigenvalue weighted by molar-refractivity contribution is 0.230. The Morgan fingerprint density at radius 3 is 3.06 bits per heavy atom. The third-order valence-corrected chi connectivity index (χ3v) is 4.02. The van der Waals surface area contributed by atoms with Crippen LogP contribution in [0.1, 0.15) is 13.3 Å². The van der Waals surface area contributed by atoms with Crippen molar-refractivity contribution in [2.45, 2.75) is 19.4 Å². The summed E-state index contributed by atoms with van der Waals surface area (Å²) in [6, 6.07) is 8.27. The minimum absolute atomic E-state index is 0.306. The highest BCUT2D eigenvalue weighted by Crippen LogP contribution is 2.19. The van der Waals surface area contributed by atoms with Gasteiger partial charge in [-0.2, -0.15) is 0 Å². The van der Waals surface area contributed by atoms with E-state index in [0.717, 1.165) is 36.5 Å². The average Bonchev–Trinajstić information content (AvgIpc) is 2.78. The van der Waals surface area contributed by atoms with Crippen molar-refractivity contribution in [2.24, 2.45) is 11.7 Å². The molecule has 1 aliphatic heterocycles. The Morgan fingerprint density at radius 1 is 1.56 bits per heavy atom. The van der Waals surface area contributed by atoms with Gasteiger partial charge in [-0.25, -0.2) is 0 Å². The molecule has 1 aliphatic rings. The molecule has 3 nitrogen and oxygen atoms in total. The Kier molecular flexibility index (Phi) is 5.03. The van der Waals surface area contributed by atoms with Crippen molar-refractivity contribution in [3.63, 3.8) is 0 Å². The number of nitrogens with two attached hydrogens (primary N) is 1. The minimum atomic E-state index is 0.306. The molecule has 0 bridgehead atoms. The zero-order valence-electron chi connectivity index (χ0n) is 10.8. The largest absolute Gasteiger partial charge is 0.492 e. The lowest BCUT2D eigenvalue weighted by Crippen LogP contribution is -2.31. The van der Waals surface area contributed by atoms with E-state index in [2.05, 4.69) is 27.8 Å². The van der Waals surface area contributed by atoms with Gasteiger partial charge in [0.05, 0.1) is 0 Å². The Balaban J connectivity index is 1.70. The highest BCUT2D eigenvalue weighted by atomic mass is 79.9. The fourth-order valence-electron chi connectivity index (χ4n) is 2.34. The van der Waals surface area contributed by atoms with E-state index in [4.69, 9.17) is 10.5 Å². The molecule has 2 rings (SSSR count). The Morgan fingerprint density at radius 2 is 2.39 bits per heavy atom. The fraction of sp³-hybridized carbons (Fsp3) is 0.571. The average molecular weight is 313 g/mol. The summed E-state index contributed by atoms with van der Waals surface area (Å²) in [7, 11) is 0. The summed E-state index contributed by atoms with van der Waals surface area (Å²) in [6.45, 7) is 6.08. The van der Waals surface area contributed by atoms with Crippen LogP contribution in [0.15, 0.2) is 28.7 Å². The van der Waals surface area contributed by atoms with E-state index < -0.39 is 0 Å². The summed E-state index contributed by atoms with van der Waals surface area (Å²) in [5.74, 6) is 1.57. The number of benzene rings is 1. The van der Waals surface area contributed by atoms with Crippen molar-refractivity contribution in [3.05, 3.63) is 28.7 Å². The third-order valence-electron chi connectivity index (χ3n) is 3.52. The van der Waals surface area contributed by atoms with Crippen LogP contribution in [-0.4, -0.2) is 37.2 Å². The molecule has 0 radical (unpaired) electrons.